The van der Waals surface area contributed by atoms with Gasteiger partial charge in [-0.2, -0.15) is 0 Å². The van der Waals surface area contributed by atoms with Gasteiger partial charge in [0.05, 0.1) is 0 Å². The minimum Gasteiger partial charge on any atom is -0.396 e. The lowest BCUT2D eigenvalue weighted by atomic mass is 9.77. The van der Waals surface area contributed by atoms with Crippen molar-refractivity contribution in [2.75, 3.05) is 6.61 Å². The number of aryl methyl sites for hydroxylation is 1. The fraction of sp³-hybridized carbons (Fsp3) is 0.538. The van der Waals surface area contributed by atoms with Gasteiger partial charge < -0.3 is 5.11 Å². The molecule has 0 heterocycles. The van der Waals surface area contributed by atoms with Crippen molar-refractivity contribution in [3.05, 3.63) is 34.3 Å². The first-order chi connectivity index (χ1) is 7.22. The van der Waals surface area contributed by atoms with E-state index in [1.165, 1.54) is 24.0 Å². The van der Waals surface area contributed by atoms with Gasteiger partial charge in [0.1, 0.15) is 0 Å². The van der Waals surface area contributed by atoms with Crippen LogP contribution in [-0.4, -0.2) is 11.7 Å². The molecule has 1 aliphatic carbocycles. The monoisotopic (exact) mass is 224 g/mol. The third kappa shape index (κ3) is 2.19. The van der Waals surface area contributed by atoms with Gasteiger partial charge in [0.2, 0.25) is 0 Å². The lowest BCUT2D eigenvalue weighted by Crippen LogP contribution is -2.19. The van der Waals surface area contributed by atoms with Gasteiger partial charge in [-0.15, -0.1) is 0 Å². The Hall–Kier alpha value is -0.530. The lowest BCUT2D eigenvalue weighted by molar-refractivity contribution is 0.208. The summed E-state index contributed by atoms with van der Waals surface area (Å²) in [5, 5.41) is 10.1. The van der Waals surface area contributed by atoms with E-state index < -0.39 is 0 Å². The first-order valence-corrected chi connectivity index (χ1v) is 5.99. The summed E-state index contributed by atoms with van der Waals surface area (Å²) < 4.78 is 0. The van der Waals surface area contributed by atoms with E-state index in [4.69, 9.17) is 11.6 Å². The summed E-state index contributed by atoms with van der Waals surface area (Å²) in [7, 11) is 0. The SMILES string of the molecule is CC(CO)C1CCCc2cc(Cl)ccc21. The number of hydrogen-bond acceptors (Lipinski definition) is 1. The molecule has 0 fully saturated rings. The van der Waals surface area contributed by atoms with Crippen LogP contribution >= 0.6 is 11.6 Å². The summed E-state index contributed by atoms with van der Waals surface area (Å²) in [6, 6.07) is 6.17. The van der Waals surface area contributed by atoms with E-state index in [2.05, 4.69) is 19.1 Å². The predicted molar refractivity (Wildman–Crippen MR) is 63.4 cm³/mol. The molecule has 0 spiro atoms. The molecule has 82 valence electrons. The van der Waals surface area contributed by atoms with Crippen LogP contribution in [0.5, 0.6) is 0 Å². The average molecular weight is 225 g/mol. The van der Waals surface area contributed by atoms with Gasteiger partial charge in [0, 0.05) is 11.6 Å². The highest BCUT2D eigenvalue weighted by Gasteiger charge is 2.24. The topological polar surface area (TPSA) is 20.2 Å². The summed E-state index contributed by atoms with van der Waals surface area (Å²) in [5.41, 5.74) is 2.77. The molecule has 0 aromatic heterocycles. The fourth-order valence-corrected chi connectivity index (χ4v) is 2.73. The van der Waals surface area contributed by atoms with Gasteiger partial charge in [-0.3, -0.25) is 0 Å². The molecule has 0 radical (unpaired) electrons. The third-order valence-corrected chi connectivity index (χ3v) is 3.68. The second-order valence-electron chi connectivity index (χ2n) is 4.50. The van der Waals surface area contributed by atoms with Gasteiger partial charge in [-0.1, -0.05) is 24.6 Å². The molecule has 0 amide bonds. The van der Waals surface area contributed by atoms with Crippen molar-refractivity contribution in [2.45, 2.75) is 32.1 Å². The molecule has 1 aromatic carbocycles. The van der Waals surface area contributed by atoms with Crippen LogP contribution < -0.4 is 0 Å². The molecule has 1 aliphatic rings. The second kappa shape index (κ2) is 4.54. The van der Waals surface area contributed by atoms with Crippen LogP contribution in [-0.2, 0) is 6.42 Å². The maximum Gasteiger partial charge on any atom is 0.0462 e. The van der Waals surface area contributed by atoms with Crippen molar-refractivity contribution in [1.82, 2.24) is 0 Å². The van der Waals surface area contributed by atoms with Gasteiger partial charge in [-0.25, -0.2) is 0 Å². The molecule has 0 aliphatic heterocycles. The van der Waals surface area contributed by atoms with Crippen LogP contribution in [0.1, 0.15) is 36.8 Å². The van der Waals surface area contributed by atoms with E-state index in [0.717, 1.165) is 11.4 Å². The zero-order valence-electron chi connectivity index (χ0n) is 9.04. The number of aliphatic hydroxyl groups excluding tert-OH is 1. The molecule has 2 unspecified atom stereocenters. The number of rotatable bonds is 2. The maximum atomic E-state index is 9.24. The molecule has 0 saturated heterocycles. The minimum absolute atomic E-state index is 0.271. The molecule has 0 saturated carbocycles. The summed E-state index contributed by atoms with van der Waals surface area (Å²) >= 11 is 5.99. The Morgan fingerprint density at radius 2 is 2.33 bits per heavy atom. The summed E-state index contributed by atoms with van der Waals surface area (Å²) in [4.78, 5) is 0. The van der Waals surface area contributed by atoms with Crippen LogP contribution in [0.4, 0.5) is 0 Å². The molecule has 1 N–H and O–H groups in total. The van der Waals surface area contributed by atoms with Gasteiger partial charge in [0.15, 0.2) is 0 Å². The smallest absolute Gasteiger partial charge is 0.0462 e. The Balaban J connectivity index is 2.34. The highest BCUT2D eigenvalue weighted by atomic mass is 35.5. The Morgan fingerprint density at radius 1 is 1.53 bits per heavy atom. The Kier molecular flexibility index (Phi) is 3.32. The predicted octanol–water partition coefficient (Wildman–Crippen LogP) is 3.39. The first-order valence-electron chi connectivity index (χ1n) is 5.61. The van der Waals surface area contributed by atoms with Crippen molar-refractivity contribution >= 4 is 11.6 Å². The lowest BCUT2D eigenvalue weighted by Gasteiger charge is -2.29. The minimum atomic E-state index is 0.271. The van der Waals surface area contributed by atoms with Crippen LogP contribution in [0.25, 0.3) is 0 Å². The number of halogens is 1. The molecule has 1 nitrogen and oxygen atoms in total. The number of fused-ring (bicyclic) bond motifs is 1. The molecule has 0 bridgehead atoms. The van der Waals surface area contributed by atoms with Gasteiger partial charge in [-0.05, 0) is 54.4 Å². The normalized spacial score (nSPS) is 22.2. The van der Waals surface area contributed by atoms with E-state index in [-0.39, 0.29) is 6.61 Å². The van der Waals surface area contributed by atoms with Crippen LogP contribution in [0, 0.1) is 5.92 Å². The van der Waals surface area contributed by atoms with Crippen molar-refractivity contribution in [1.29, 1.82) is 0 Å². The number of aliphatic hydroxyl groups is 1. The standard InChI is InChI=1S/C13H17ClO/c1-9(8-15)12-4-2-3-10-7-11(14)5-6-13(10)12/h5-7,9,12,15H,2-4,8H2,1H3. The van der Waals surface area contributed by atoms with E-state index in [0.29, 0.717) is 11.8 Å². The van der Waals surface area contributed by atoms with E-state index in [9.17, 15) is 5.11 Å². The average Bonchev–Trinajstić information content (AvgIpc) is 2.26. The summed E-state index contributed by atoms with van der Waals surface area (Å²) in [6.45, 7) is 2.39. The number of hydrogen-bond donors (Lipinski definition) is 1. The van der Waals surface area contributed by atoms with Crippen LogP contribution in [0.15, 0.2) is 18.2 Å². The highest BCUT2D eigenvalue weighted by Crippen LogP contribution is 2.37. The summed E-state index contributed by atoms with van der Waals surface area (Å²) in [6.07, 6.45) is 3.53. The van der Waals surface area contributed by atoms with Gasteiger partial charge in [0.25, 0.3) is 0 Å². The van der Waals surface area contributed by atoms with Crippen molar-refractivity contribution < 1.29 is 5.11 Å². The van der Waals surface area contributed by atoms with Crippen LogP contribution in [0.3, 0.4) is 0 Å². The molecule has 15 heavy (non-hydrogen) atoms. The molecule has 2 atom stereocenters. The van der Waals surface area contributed by atoms with E-state index in [1.807, 2.05) is 6.07 Å². The molecular formula is C13H17ClO. The molecule has 1 aromatic rings. The van der Waals surface area contributed by atoms with E-state index >= 15 is 0 Å². The highest BCUT2D eigenvalue weighted by molar-refractivity contribution is 6.30. The Morgan fingerprint density at radius 3 is 3.07 bits per heavy atom. The zero-order valence-corrected chi connectivity index (χ0v) is 9.80. The Labute approximate surface area is 96.1 Å². The van der Waals surface area contributed by atoms with E-state index in [1.54, 1.807) is 0 Å². The quantitative estimate of drug-likeness (QED) is 0.817. The third-order valence-electron chi connectivity index (χ3n) is 3.44. The van der Waals surface area contributed by atoms with Crippen LogP contribution in [0.2, 0.25) is 5.02 Å². The molecular weight excluding hydrogens is 208 g/mol. The van der Waals surface area contributed by atoms with Crippen molar-refractivity contribution in [3.8, 4) is 0 Å². The summed E-state index contributed by atoms with van der Waals surface area (Å²) in [5.74, 6) is 0.862. The van der Waals surface area contributed by atoms with Crippen molar-refractivity contribution in [3.63, 3.8) is 0 Å². The molecule has 2 rings (SSSR count). The first kappa shape index (κ1) is 11.0. The zero-order chi connectivity index (χ0) is 10.8. The largest absolute Gasteiger partial charge is 0.396 e. The molecule has 2 heteroatoms. The van der Waals surface area contributed by atoms with Gasteiger partial charge >= 0.3 is 0 Å². The maximum absolute atomic E-state index is 9.24. The Bertz CT molecular complexity index is 348. The number of benzene rings is 1. The van der Waals surface area contributed by atoms with Crippen molar-refractivity contribution in [2.24, 2.45) is 5.92 Å². The second-order valence-corrected chi connectivity index (χ2v) is 4.94. The fourth-order valence-electron chi connectivity index (χ4n) is 2.54.